The molecule has 6 rings (SSSR count). The third kappa shape index (κ3) is 4.37. The zero-order chi connectivity index (χ0) is 28.0. The Hall–Kier alpha value is -4.00. The monoisotopic (exact) mass is 565 g/mol. The van der Waals surface area contributed by atoms with Gasteiger partial charge in [-0.2, -0.15) is 0 Å². The van der Waals surface area contributed by atoms with Gasteiger partial charge in [-0.15, -0.1) is 0 Å². The lowest BCUT2D eigenvalue weighted by molar-refractivity contribution is -0.127. The van der Waals surface area contributed by atoms with E-state index >= 15 is 0 Å². The number of likely N-dealkylation sites (N-methyl/N-ethyl adjacent to an activating group) is 1. The van der Waals surface area contributed by atoms with Gasteiger partial charge in [0.15, 0.2) is 4.80 Å². The minimum atomic E-state index is -0.604. The SMILES string of the molecule is CCN(CC)C(=O)C1=C(C)N=c2s/c(=C/c3c4ccccc4cc4ccccc34)c(=O)n2[C@@H]1c1ccc(Cl)cc1. The van der Waals surface area contributed by atoms with E-state index in [0.29, 0.717) is 38.7 Å². The molecule has 0 unspecified atom stereocenters. The Labute approximate surface area is 241 Å². The van der Waals surface area contributed by atoms with Crippen LogP contribution >= 0.6 is 22.9 Å². The van der Waals surface area contributed by atoms with Crippen LogP contribution in [0.25, 0.3) is 27.6 Å². The molecule has 0 bridgehead atoms. The number of allylic oxidation sites excluding steroid dienone is 1. The number of carbonyl (C=O) groups is 1. The van der Waals surface area contributed by atoms with Gasteiger partial charge in [0.2, 0.25) is 0 Å². The van der Waals surface area contributed by atoms with Crippen LogP contribution in [0.5, 0.6) is 0 Å². The zero-order valence-corrected chi connectivity index (χ0v) is 24.1. The number of aromatic nitrogens is 1. The van der Waals surface area contributed by atoms with Crippen molar-refractivity contribution in [1.82, 2.24) is 9.47 Å². The Balaban J connectivity index is 1.63. The summed E-state index contributed by atoms with van der Waals surface area (Å²) in [7, 11) is 0. The van der Waals surface area contributed by atoms with E-state index in [0.717, 1.165) is 32.7 Å². The van der Waals surface area contributed by atoms with Gasteiger partial charge in [0.05, 0.1) is 21.8 Å². The highest BCUT2D eigenvalue weighted by atomic mass is 35.5. The number of rotatable bonds is 5. The second-order valence-electron chi connectivity index (χ2n) is 9.84. The summed E-state index contributed by atoms with van der Waals surface area (Å²) in [5, 5.41) is 4.98. The van der Waals surface area contributed by atoms with E-state index in [1.165, 1.54) is 11.3 Å². The van der Waals surface area contributed by atoms with Crippen molar-refractivity contribution in [2.75, 3.05) is 13.1 Å². The van der Waals surface area contributed by atoms with Crippen molar-refractivity contribution in [2.45, 2.75) is 26.8 Å². The number of carbonyl (C=O) groups excluding carboxylic acids is 1. The van der Waals surface area contributed by atoms with E-state index in [1.54, 1.807) is 21.6 Å². The Kier molecular flexibility index (Phi) is 6.90. The third-order valence-corrected chi connectivity index (χ3v) is 8.81. The molecule has 0 radical (unpaired) electrons. The first kappa shape index (κ1) is 26.2. The number of halogens is 1. The quantitative estimate of drug-likeness (QED) is 0.243. The summed E-state index contributed by atoms with van der Waals surface area (Å²) in [6.07, 6.45) is 1.98. The van der Waals surface area contributed by atoms with E-state index in [-0.39, 0.29) is 11.5 Å². The van der Waals surface area contributed by atoms with Crippen molar-refractivity contribution in [2.24, 2.45) is 4.99 Å². The number of benzene rings is 4. The lowest BCUT2D eigenvalue weighted by atomic mass is 9.94. The maximum absolute atomic E-state index is 14.2. The van der Waals surface area contributed by atoms with Gasteiger partial charge in [0, 0.05) is 18.1 Å². The van der Waals surface area contributed by atoms with Crippen LogP contribution in [-0.2, 0) is 4.79 Å². The fourth-order valence-electron chi connectivity index (χ4n) is 5.57. The van der Waals surface area contributed by atoms with Gasteiger partial charge >= 0.3 is 0 Å². The summed E-state index contributed by atoms with van der Waals surface area (Å²) in [5.41, 5.74) is 2.79. The molecule has 1 aliphatic rings. The van der Waals surface area contributed by atoms with E-state index in [9.17, 15) is 9.59 Å². The van der Waals surface area contributed by atoms with Crippen LogP contribution in [0.4, 0.5) is 0 Å². The predicted octanol–water partition coefficient (Wildman–Crippen LogP) is 6.06. The van der Waals surface area contributed by atoms with Crippen molar-refractivity contribution in [3.05, 3.63) is 126 Å². The van der Waals surface area contributed by atoms with Crippen molar-refractivity contribution >= 4 is 56.5 Å². The summed E-state index contributed by atoms with van der Waals surface area (Å²) in [6, 6.07) is 25.4. The molecule has 4 aromatic carbocycles. The van der Waals surface area contributed by atoms with Gasteiger partial charge in [0.25, 0.3) is 11.5 Å². The predicted molar refractivity (Wildman–Crippen MR) is 165 cm³/mol. The van der Waals surface area contributed by atoms with Crippen molar-refractivity contribution in [1.29, 1.82) is 0 Å². The van der Waals surface area contributed by atoms with Crippen LogP contribution < -0.4 is 14.9 Å². The van der Waals surface area contributed by atoms with Gasteiger partial charge in [-0.25, -0.2) is 4.99 Å². The van der Waals surface area contributed by atoms with Crippen LogP contribution in [0, 0.1) is 0 Å². The number of hydrogen-bond acceptors (Lipinski definition) is 4. The molecule has 7 heteroatoms. The van der Waals surface area contributed by atoms with E-state index < -0.39 is 6.04 Å². The normalized spacial score (nSPS) is 15.4. The van der Waals surface area contributed by atoms with Gasteiger partial charge < -0.3 is 4.90 Å². The summed E-state index contributed by atoms with van der Waals surface area (Å²) < 4.78 is 2.25. The van der Waals surface area contributed by atoms with Gasteiger partial charge in [0.1, 0.15) is 0 Å². The smallest absolute Gasteiger partial charge is 0.271 e. The molecule has 5 nitrogen and oxygen atoms in total. The van der Waals surface area contributed by atoms with Gasteiger partial charge in [-0.05, 0) is 77.7 Å². The lowest BCUT2D eigenvalue weighted by Gasteiger charge is -2.29. The molecule has 0 fully saturated rings. The van der Waals surface area contributed by atoms with Crippen LogP contribution in [0.2, 0.25) is 5.02 Å². The molecule has 0 N–H and O–H groups in total. The number of thiazole rings is 1. The highest BCUT2D eigenvalue weighted by Crippen LogP contribution is 2.32. The molecule has 1 aromatic heterocycles. The Morgan fingerprint density at radius 2 is 1.57 bits per heavy atom. The van der Waals surface area contributed by atoms with Gasteiger partial charge in [-0.3, -0.25) is 14.2 Å². The third-order valence-electron chi connectivity index (χ3n) is 7.58. The molecule has 1 amide bonds. The van der Waals surface area contributed by atoms with Gasteiger partial charge in [-0.1, -0.05) is 83.6 Å². The van der Waals surface area contributed by atoms with E-state index in [1.807, 2.05) is 63.2 Å². The number of amides is 1. The standard InChI is InChI=1S/C33H28ClN3O2S/c1-4-36(5-2)32(39)29-20(3)35-33-37(30(29)21-14-16-24(34)17-15-21)31(38)28(40-33)19-27-25-12-8-6-10-22(25)18-23-11-7-9-13-26(23)27/h6-19,30H,4-5H2,1-3H3/b28-19+/t30-/m1/s1. The van der Waals surface area contributed by atoms with Crippen LogP contribution in [-0.4, -0.2) is 28.5 Å². The van der Waals surface area contributed by atoms with Crippen molar-refractivity contribution in [3.63, 3.8) is 0 Å². The van der Waals surface area contributed by atoms with E-state index in [4.69, 9.17) is 16.6 Å². The maximum Gasteiger partial charge on any atom is 0.271 e. The van der Waals surface area contributed by atoms with Crippen LogP contribution in [0.15, 0.2) is 99.9 Å². The second-order valence-corrected chi connectivity index (χ2v) is 11.3. The molecule has 2 heterocycles. The largest absolute Gasteiger partial charge is 0.339 e. The lowest BCUT2D eigenvalue weighted by Crippen LogP contribution is -2.43. The Morgan fingerprint density at radius 3 is 2.17 bits per heavy atom. The first-order valence-corrected chi connectivity index (χ1v) is 14.6. The average Bonchev–Trinajstić information content (AvgIpc) is 3.27. The molecular weight excluding hydrogens is 538 g/mol. The summed E-state index contributed by atoms with van der Waals surface area (Å²) in [5.74, 6) is -0.111. The van der Waals surface area contributed by atoms with Crippen molar-refractivity contribution in [3.8, 4) is 0 Å². The molecule has 0 spiro atoms. The average molecular weight is 566 g/mol. The molecule has 200 valence electrons. The van der Waals surface area contributed by atoms with Crippen molar-refractivity contribution < 1.29 is 4.79 Å². The molecular formula is C33H28ClN3O2S. The Morgan fingerprint density at radius 1 is 0.975 bits per heavy atom. The second kappa shape index (κ2) is 10.5. The molecule has 0 saturated carbocycles. The Bertz CT molecular complexity index is 1950. The summed E-state index contributed by atoms with van der Waals surface area (Å²) in [6.45, 7) is 6.90. The zero-order valence-electron chi connectivity index (χ0n) is 22.5. The number of nitrogens with zero attached hydrogens (tertiary/aromatic N) is 3. The fraction of sp³-hybridized carbons (Fsp3) is 0.182. The first-order valence-electron chi connectivity index (χ1n) is 13.4. The first-order chi connectivity index (χ1) is 19.4. The summed E-state index contributed by atoms with van der Waals surface area (Å²) in [4.78, 5) is 35.2. The maximum atomic E-state index is 14.2. The molecule has 5 aromatic rings. The highest BCUT2D eigenvalue weighted by Gasteiger charge is 2.34. The van der Waals surface area contributed by atoms with E-state index in [2.05, 4.69) is 30.3 Å². The molecule has 1 aliphatic heterocycles. The minimum Gasteiger partial charge on any atom is -0.339 e. The highest BCUT2D eigenvalue weighted by molar-refractivity contribution is 7.07. The number of fused-ring (bicyclic) bond motifs is 3. The number of hydrogen-bond donors (Lipinski definition) is 0. The topological polar surface area (TPSA) is 54.7 Å². The molecule has 0 saturated heterocycles. The molecule has 1 atom stereocenters. The minimum absolute atomic E-state index is 0.111. The fourth-order valence-corrected chi connectivity index (χ4v) is 6.73. The molecule has 0 aliphatic carbocycles. The summed E-state index contributed by atoms with van der Waals surface area (Å²) >= 11 is 7.57. The van der Waals surface area contributed by atoms with Crippen LogP contribution in [0.1, 0.15) is 37.9 Å². The molecule has 40 heavy (non-hydrogen) atoms. The van der Waals surface area contributed by atoms with Crippen LogP contribution in [0.3, 0.4) is 0 Å².